The van der Waals surface area contributed by atoms with Crippen molar-refractivity contribution in [2.75, 3.05) is 18.4 Å². The van der Waals surface area contributed by atoms with Gasteiger partial charge in [0.15, 0.2) is 0 Å². The van der Waals surface area contributed by atoms with Crippen molar-refractivity contribution in [3.8, 4) is 0 Å². The number of anilines is 1. The lowest BCUT2D eigenvalue weighted by molar-refractivity contribution is -0.132. The van der Waals surface area contributed by atoms with Gasteiger partial charge in [0.05, 0.1) is 5.41 Å². The van der Waals surface area contributed by atoms with Crippen molar-refractivity contribution >= 4 is 17.6 Å². The monoisotopic (exact) mass is 379 g/mol. The number of piperidine rings is 1. The zero-order valence-corrected chi connectivity index (χ0v) is 16.9. The number of benzene rings is 2. The molecule has 1 heterocycles. The SMILES string of the molecule is Cc1ccc(C)c(NC(=O)N2CCC[C@](C)(C(=O)NCc3ccccc3)C2)c1. The van der Waals surface area contributed by atoms with Crippen LogP contribution in [0.15, 0.2) is 48.5 Å². The predicted molar refractivity (Wildman–Crippen MR) is 112 cm³/mol. The molecule has 0 bridgehead atoms. The minimum absolute atomic E-state index is 0.000546. The molecule has 2 aromatic rings. The van der Waals surface area contributed by atoms with Gasteiger partial charge in [-0.15, -0.1) is 0 Å². The first-order valence-electron chi connectivity index (χ1n) is 9.83. The topological polar surface area (TPSA) is 61.4 Å². The first-order chi connectivity index (χ1) is 13.4. The van der Waals surface area contributed by atoms with Gasteiger partial charge in [-0.1, -0.05) is 42.5 Å². The van der Waals surface area contributed by atoms with E-state index in [1.807, 2.05) is 69.3 Å². The normalized spacial score (nSPS) is 19.2. The van der Waals surface area contributed by atoms with Gasteiger partial charge in [0.1, 0.15) is 0 Å². The van der Waals surface area contributed by atoms with Crippen molar-refractivity contribution in [2.45, 2.75) is 40.2 Å². The second-order valence-electron chi connectivity index (χ2n) is 8.00. The molecule has 1 saturated heterocycles. The van der Waals surface area contributed by atoms with Crippen molar-refractivity contribution in [2.24, 2.45) is 5.41 Å². The zero-order chi connectivity index (χ0) is 20.1. The van der Waals surface area contributed by atoms with Crippen LogP contribution in [0.1, 0.15) is 36.5 Å². The molecule has 5 heteroatoms. The van der Waals surface area contributed by atoms with E-state index in [0.29, 0.717) is 19.6 Å². The van der Waals surface area contributed by atoms with Crippen molar-refractivity contribution in [3.63, 3.8) is 0 Å². The van der Waals surface area contributed by atoms with Crippen LogP contribution in [0, 0.1) is 19.3 Å². The molecule has 0 aliphatic carbocycles. The molecule has 148 valence electrons. The number of hydrogen-bond donors (Lipinski definition) is 2. The summed E-state index contributed by atoms with van der Waals surface area (Å²) in [4.78, 5) is 27.4. The van der Waals surface area contributed by atoms with Gasteiger partial charge >= 0.3 is 6.03 Å². The van der Waals surface area contributed by atoms with E-state index in [1.54, 1.807) is 4.90 Å². The van der Waals surface area contributed by atoms with E-state index in [4.69, 9.17) is 0 Å². The van der Waals surface area contributed by atoms with E-state index in [9.17, 15) is 9.59 Å². The number of rotatable bonds is 4. The van der Waals surface area contributed by atoms with Crippen LogP contribution in [0.3, 0.4) is 0 Å². The predicted octanol–water partition coefficient (Wildman–Crippen LogP) is 4.25. The van der Waals surface area contributed by atoms with Gasteiger partial charge in [-0.3, -0.25) is 4.79 Å². The summed E-state index contributed by atoms with van der Waals surface area (Å²) in [6.45, 7) is 7.52. The van der Waals surface area contributed by atoms with E-state index in [0.717, 1.165) is 35.2 Å². The molecule has 3 rings (SSSR count). The van der Waals surface area contributed by atoms with Gasteiger partial charge < -0.3 is 15.5 Å². The summed E-state index contributed by atoms with van der Waals surface area (Å²) in [6, 6.07) is 15.7. The largest absolute Gasteiger partial charge is 0.351 e. The molecule has 1 aliphatic rings. The number of likely N-dealkylation sites (tertiary alicyclic amines) is 1. The molecule has 1 aliphatic heterocycles. The van der Waals surface area contributed by atoms with Gasteiger partial charge in [-0.25, -0.2) is 4.79 Å². The van der Waals surface area contributed by atoms with E-state index in [2.05, 4.69) is 10.6 Å². The Morgan fingerprint density at radius 1 is 1.11 bits per heavy atom. The minimum atomic E-state index is -0.577. The van der Waals surface area contributed by atoms with E-state index >= 15 is 0 Å². The minimum Gasteiger partial charge on any atom is -0.351 e. The number of nitrogens with one attached hydrogen (secondary N) is 2. The summed E-state index contributed by atoms with van der Waals surface area (Å²) < 4.78 is 0. The molecule has 0 radical (unpaired) electrons. The Hall–Kier alpha value is -2.82. The Kier molecular flexibility index (Phi) is 6.02. The number of aryl methyl sites for hydroxylation is 2. The number of carbonyl (C=O) groups is 2. The maximum absolute atomic E-state index is 12.8. The van der Waals surface area contributed by atoms with E-state index < -0.39 is 5.41 Å². The highest BCUT2D eigenvalue weighted by Gasteiger charge is 2.39. The summed E-state index contributed by atoms with van der Waals surface area (Å²) in [5.41, 5.74) is 3.45. The lowest BCUT2D eigenvalue weighted by Crippen LogP contribution is -2.52. The van der Waals surface area contributed by atoms with Crippen LogP contribution < -0.4 is 10.6 Å². The van der Waals surface area contributed by atoms with Crippen LogP contribution in [-0.4, -0.2) is 29.9 Å². The van der Waals surface area contributed by atoms with Crippen LogP contribution in [0.2, 0.25) is 0 Å². The van der Waals surface area contributed by atoms with Gasteiger partial charge in [-0.2, -0.15) is 0 Å². The highest BCUT2D eigenvalue weighted by molar-refractivity contribution is 5.91. The molecule has 5 nitrogen and oxygen atoms in total. The smallest absolute Gasteiger partial charge is 0.321 e. The van der Waals surface area contributed by atoms with E-state index in [1.165, 1.54) is 0 Å². The highest BCUT2D eigenvalue weighted by Crippen LogP contribution is 2.30. The quantitative estimate of drug-likeness (QED) is 0.834. The molecule has 0 unspecified atom stereocenters. The number of amides is 3. The standard InChI is InChI=1S/C23H29N3O2/c1-17-10-11-18(2)20(14-17)25-22(28)26-13-7-12-23(3,16-26)21(27)24-15-19-8-5-4-6-9-19/h4-6,8-11,14H,7,12-13,15-16H2,1-3H3,(H,24,27)(H,25,28)/t23-/m0/s1. The zero-order valence-electron chi connectivity index (χ0n) is 16.9. The van der Waals surface area contributed by atoms with Crippen molar-refractivity contribution in [1.82, 2.24) is 10.2 Å². The van der Waals surface area contributed by atoms with Gasteiger partial charge in [0.2, 0.25) is 5.91 Å². The third kappa shape index (κ3) is 4.71. The fourth-order valence-corrected chi connectivity index (χ4v) is 3.65. The second kappa shape index (κ2) is 8.46. The Bertz CT molecular complexity index is 850. The number of urea groups is 1. The Morgan fingerprint density at radius 2 is 1.86 bits per heavy atom. The molecule has 2 N–H and O–H groups in total. The number of nitrogens with zero attached hydrogens (tertiary/aromatic N) is 1. The average Bonchev–Trinajstić information content (AvgIpc) is 2.69. The third-order valence-corrected chi connectivity index (χ3v) is 5.46. The summed E-state index contributed by atoms with van der Waals surface area (Å²) in [7, 11) is 0. The fraction of sp³-hybridized carbons (Fsp3) is 0.391. The van der Waals surface area contributed by atoms with Crippen molar-refractivity contribution in [1.29, 1.82) is 0 Å². The van der Waals surface area contributed by atoms with E-state index in [-0.39, 0.29) is 11.9 Å². The summed E-state index contributed by atoms with van der Waals surface area (Å²) in [5, 5.41) is 6.05. The molecule has 0 saturated carbocycles. The maximum Gasteiger partial charge on any atom is 0.321 e. The van der Waals surface area contributed by atoms with Crippen LogP contribution >= 0.6 is 0 Å². The fourth-order valence-electron chi connectivity index (χ4n) is 3.65. The van der Waals surface area contributed by atoms with Gasteiger partial charge in [-0.05, 0) is 56.4 Å². The van der Waals surface area contributed by atoms with Crippen molar-refractivity contribution < 1.29 is 9.59 Å². The maximum atomic E-state index is 12.8. The molecule has 3 amide bonds. The lowest BCUT2D eigenvalue weighted by atomic mass is 9.81. The summed E-state index contributed by atoms with van der Waals surface area (Å²) in [6.07, 6.45) is 1.59. The highest BCUT2D eigenvalue weighted by atomic mass is 16.2. The summed E-state index contributed by atoms with van der Waals surface area (Å²) in [5.74, 6) is 0.000546. The van der Waals surface area contributed by atoms with Gasteiger partial charge in [0, 0.05) is 25.3 Å². The Morgan fingerprint density at radius 3 is 2.61 bits per heavy atom. The Balaban J connectivity index is 1.62. The summed E-state index contributed by atoms with van der Waals surface area (Å²) >= 11 is 0. The average molecular weight is 380 g/mol. The number of hydrogen-bond acceptors (Lipinski definition) is 2. The Labute approximate surface area is 167 Å². The van der Waals surface area contributed by atoms with Crippen LogP contribution in [0.5, 0.6) is 0 Å². The van der Waals surface area contributed by atoms with Gasteiger partial charge in [0.25, 0.3) is 0 Å². The van der Waals surface area contributed by atoms with Crippen LogP contribution in [0.4, 0.5) is 10.5 Å². The van der Waals surface area contributed by atoms with Crippen LogP contribution in [0.25, 0.3) is 0 Å². The molecule has 1 atom stereocenters. The molecule has 28 heavy (non-hydrogen) atoms. The second-order valence-corrected chi connectivity index (χ2v) is 8.00. The van der Waals surface area contributed by atoms with Crippen LogP contribution in [-0.2, 0) is 11.3 Å². The van der Waals surface area contributed by atoms with Crippen molar-refractivity contribution in [3.05, 3.63) is 65.2 Å². The molecule has 0 aromatic heterocycles. The molecular weight excluding hydrogens is 350 g/mol. The first-order valence-corrected chi connectivity index (χ1v) is 9.83. The first kappa shape index (κ1) is 19.9. The number of carbonyl (C=O) groups excluding carboxylic acids is 2. The molecule has 0 spiro atoms. The molecular formula is C23H29N3O2. The molecule has 2 aromatic carbocycles. The third-order valence-electron chi connectivity index (χ3n) is 5.46. The lowest BCUT2D eigenvalue weighted by Gasteiger charge is -2.39. The molecule has 1 fully saturated rings.